The van der Waals surface area contributed by atoms with E-state index in [1.807, 2.05) is 0 Å². The lowest BCUT2D eigenvalue weighted by atomic mass is 9.97. The van der Waals surface area contributed by atoms with Gasteiger partial charge in [0.25, 0.3) is 0 Å². The molecule has 0 aliphatic rings. The second-order valence-corrected chi connectivity index (χ2v) is 3.13. The Morgan fingerprint density at radius 2 is 1.93 bits per heavy atom. The summed E-state index contributed by atoms with van der Waals surface area (Å²) in [5.74, 6) is -3.12. The second-order valence-electron chi connectivity index (χ2n) is 3.13. The third kappa shape index (κ3) is 2.28. The van der Waals surface area contributed by atoms with E-state index in [9.17, 15) is 13.6 Å². The average Bonchev–Trinajstić information content (AvgIpc) is 2.01. The van der Waals surface area contributed by atoms with Crippen molar-refractivity contribution in [3.8, 4) is 0 Å². The maximum Gasteiger partial charge on any atom is 0.303 e. The molecule has 0 amide bonds. The van der Waals surface area contributed by atoms with Crippen LogP contribution in [0.4, 0.5) is 8.78 Å². The molecule has 0 radical (unpaired) electrons. The van der Waals surface area contributed by atoms with Crippen LogP contribution in [0.1, 0.15) is 24.8 Å². The minimum Gasteiger partial charge on any atom is -0.481 e. The summed E-state index contributed by atoms with van der Waals surface area (Å²) in [5.41, 5.74) is -0.157. The maximum atomic E-state index is 13.1. The van der Waals surface area contributed by atoms with Crippen LogP contribution < -0.4 is 0 Å². The van der Waals surface area contributed by atoms with Crippen molar-refractivity contribution in [3.63, 3.8) is 0 Å². The molecule has 0 spiro atoms. The summed E-state index contributed by atoms with van der Waals surface area (Å²) < 4.78 is 26.2. The number of carboxylic acids is 1. The zero-order chi connectivity index (χ0) is 10.7. The van der Waals surface area contributed by atoms with E-state index in [1.54, 1.807) is 0 Å². The number of hydrogen-bond donors (Lipinski definition) is 1. The minimum atomic E-state index is -1.07. The number of carbonyl (C=O) groups is 1. The van der Waals surface area contributed by atoms with Crippen LogP contribution in [0.5, 0.6) is 0 Å². The third-order valence-corrected chi connectivity index (χ3v) is 1.97. The Balaban J connectivity index is 2.99. The van der Waals surface area contributed by atoms with Crippen molar-refractivity contribution in [3.05, 3.63) is 35.4 Å². The molecular weight excluding hydrogens is 190 g/mol. The molecule has 1 rings (SSSR count). The second kappa shape index (κ2) is 4.17. The van der Waals surface area contributed by atoms with Crippen LogP contribution in [-0.2, 0) is 4.79 Å². The van der Waals surface area contributed by atoms with E-state index < -0.39 is 23.5 Å². The summed E-state index contributed by atoms with van der Waals surface area (Å²) in [5, 5.41) is 8.48. The fourth-order valence-electron chi connectivity index (χ4n) is 1.35. The Bertz CT molecular complexity index is 330. The summed E-state index contributed by atoms with van der Waals surface area (Å²) in [6, 6.07) is 3.50. The van der Waals surface area contributed by atoms with Gasteiger partial charge in [0.15, 0.2) is 0 Å². The van der Waals surface area contributed by atoms with Crippen molar-refractivity contribution in [2.75, 3.05) is 0 Å². The van der Waals surface area contributed by atoms with E-state index >= 15 is 0 Å². The summed E-state index contributed by atoms with van der Waals surface area (Å²) in [4.78, 5) is 10.4. The maximum absolute atomic E-state index is 13.1. The normalized spacial score (nSPS) is 12.5. The number of carboxylic acid groups (broad SMARTS) is 1. The largest absolute Gasteiger partial charge is 0.481 e. The molecular formula is C10H10F2O2. The Morgan fingerprint density at radius 3 is 2.36 bits per heavy atom. The van der Waals surface area contributed by atoms with Crippen molar-refractivity contribution in [1.29, 1.82) is 0 Å². The fraction of sp³-hybridized carbons (Fsp3) is 0.300. The van der Waals surface area contributed by atoms with E-state index in [4.69, 9.17) is 5.11 Å². The quantitative estimate of drug-likeness (QED) is 0.814. The van der Waals surface area contributed by atoms with Gasteiger partial charge in [-0.3, -0.25) is 4.79 Å². The van der Waals surface area contributed by atoms with Crippen LogP contribution in [0, 0.1) is 11.6 Å². The summed E-state index contributed by atoms with van der Waals surface area (Å²) in [6.45, 7) is 1.48. The molecule has 0 aliphatic heterocycles. The zero-order valence-corrected chi connectivity index (χ0v) is 7.63. The lowest BCUT2D eigenvalue weighted by Crippen LogP contribution is -2.06. The highest BCUT2D eigenvalue weighted by Crippen LogP contribution is 2.24. The minimum absolute atomic E-state index is 0.157. The van der Waals surface area contributed by atoms with Crippen LogP contribution in [0.3, 0.4) is 0 Å². The highest BCUT2D eigenvalue weighted by atomic mass is 19.1. The van der Waals surface area contributed by atoms with Gasteiger partial charge in [0.1, 0.15) is 11.6 Å². The van der Waals surface area contributed by atoms with Crippen molar-refractivity contribution in [2.24, 2.45) is 0 Å². The van der Waals surface area contributed by atoms with E-state index in [0.717, 1.165) is 12.1 Å². The van der Waals surface area contributed by atoms with Gasteiger partial charge in [0.2, 0.25) is 0 Å². The van der Waals surface area contributed by atoms with Gasteiger partial charge in [-0.25, -0.2) is 8.78 Å². The molecule has 0 bridgehead atoms. The lowest BCUT2D eigenvalue weighted by molar-refractivity contribution is -0.137. The van der Waals surface area contributed by atoms with Crippen LogP contribution in [0.2, 0.25) is 0 Å². The predicted octanol–water partition coefficient (Wildman–Crippen LogP) is 2.54. The van der Waals surface area contributed by atoms with Crippen molar-refractivity contribution in [1.82, 2.24) is 0 Å². The monoisotopic (exact) mass is 200 g/mol. The van der Waals surface area contributed by atoms with E-state index in [2.05, 4.69) is 0 Å². The first-order chi connectivity index (χ1) is 6.52. The SMILES string of the molecule is C[C@H](CC(=O)O)c1c(F)cccc1F. The Kier molecular flexibility index (Phi) is 3.17. The van der Waals surface area contributed by atoms with Gasteiger partial charge in [-0.15, -0.1) is 0 Å². The number of halogens is 2. The Hall–Kier alpha value is -1.45. The van der Waals surface area contributed by atoms with Gasteiger partial charge < -0.3 is 5.11 Å². The smallest absolute Gasteiger partial charge is 0.303 e. The van der Waals surface area contributed by atoms with Gasteiger partial charge in [-0.05, 0) is 18.1 Å². The Morgan fingerprint density at radius 1 is 1.43 bits per heavy atom. The first-order valence-electron chi connectivity index (χ1n) is 4.18. The molecule has 0 heterocycles. The third-order valence-electron chi connectivity index (χ3n) is 1.97. The molecule has 0 fully saturated rings. The van der Waals surface area contributed by atoms with Gasteiger partial charge in [0, 0.05) is 5.56 Å². The Labute approximate surface area is 80.2 Å². The predicted molar refractivity (Wildman–Crippen MR) is 47.0 cm³/mol. The number of aliphatic carboxylic acids is 1. The molecule has 0 saturated heterocycles. The number of hydrogen-bond acceptors (Lipinski definition) is 1. The first kappa shape index (κ1) is 10.6. The van der Waals surface area contributed by atoms with Crippen molar-refractivity contribution in [2.45, 2.75) is 19.3 Å². The number of benzene rings is 1. The molecule has 0 aromatic heterocycles. The topological polar surface area (TPSA) is 37.3 Å². The van der Waals surface area contributed by atoms with E-state index in [1.165, 1.54) is 13.0 Å². The molecule has 0 saturated carbocycles. The standard InChI is InChI=1S/C10H10F2O2/c1-6(5-9(13)14)10-7(11)3-2-4-8(10)12/h2-4,6H,5H2,1H3,(H,13,14)/t6-/m1/s1. The average molecular weight is 200 g/mol. The zero-order valence-electron chi connectivity index (χ0n) is 7.63. The molecule has 1 atom stereocenters. The number of rotatable bonds is 3. The van der Waals surface area contributed by atoms with Crippen LogP contribution >= 0.6 is 0 Å². The molecule has 76 valence electrons. The van der Waals surface area contributed by atoms with Gasteiger partial charge in [0.05, 0.1) is 6.42 Å². The van der Waals surface area contributed by atoms with E-state index in [-0.39, 0.29) is 12.0 Å². The molecule has 0 unspecified atom stereocenters. The molecule has 1 N–H and O–H groups in total. The summed E-state index contributed by atoms with van der Waals surface area (Å²) in [6.07, 6.45) is -0.280. The summed E-state index contributed by atoms with van der Waals surface area (Å²) in [7, 11) is 0. The lowest BCUT2D eigenvalue weighted by Gasteiger charge is -2.10. The van der Waals surface area contributed by atoms with Crippen molar-refractivity contribution >= 4 is 5.97 Å². The highest BCUT2D eigenvalue weighted by molar-refractivity contribution is 5.68. The fourth-order valence-corrected chi connectivity index (χ4v) is 1.35. The van der Waals surface area contributed by atoms with Gasteiger partial charge >= 0.3 is 5.97 Å². The molecule has 2 nitrogen and oxygen atoms in total. The molecule has 0 aliphatic carbocycles. The molecule has 1 aromatic rings. The van der Waals surface area contributed by atoms with Crippen LogP contribution in [0.15, 0.2) is 18.2 Å². The van der Waals surface area contributed by atoms with Crippen LogP contribution in [-0.4, -0.2) is 11.1 Å². The first-order valence-corrected chi connectivity index (χ1v) is 4.18. The van der Waals surface area contributed by atoms with E-state index in [0.29, 0.717) is 0 Å². The van der Waals surface area contributed by atoms with Crippen LogP contribution in [0.25, 0.3) is 0 Å². The molecule has 1 aromatic carbocycles. The van der Waals surface area contributed by atoms with Gasteiger partial charge in [-0.2, -0.15) is 0 Å². The summed E-state index contributed by atoms with van der Waals surface area (Å²) >= 11 is 0. The molecule has 4 heteroatoms. The molecule has 14 heavy (non-hydrogen) atoms. The van der Waals surface area contributed by atoms with Gasteiger partial charge in [-0.1, -0.05) is 13.0 Å². The van der Waals surface area contributed by atoms with Crippen molar-refractivity contribution < 1.29 is 18.7 Å². The highest BCUT2D eigenvalue weighted by Gasteiger charge is 2.18.